The maximum atomic E-state index is 11.8. The van der Waals surface area contributed by atoms with Gasteiger partial charge in [0.25, 0.3) is 0 Å². The highest BCUT2D eigenvalue weighted by atomic mass is 19.1. The summed E-state index contributed by atoms with van der Waals surface area (Å²) < 4.78 is 11.8. The zero-order valence-corrected chi connectivity index (χ0v) is 8.54. The summed E-state index contributed by atoms with van der Waals surface area (Å²) in [6, 6.07) is 0. The Kier molecular flexibility index (Phi) is 2.96. The fourth-order valence-electron chi connectivity index (χ4n) is 2.38. The van der Waals surface area contributed by atoms with Crippen molar-refractivity contribution in [1.29, 1.82) is 0 Å². The zero-order chi connectivity index (χ0) is 10.9. The largest absolute Gasteiger partial charge is 0.390 e. The molecule has 3 atom stereocenters. The van der Waals surface area contributed by atoms with Gasteiger partial charge in [-0.15, -0.1) is 5.92 Å². The van der Waals surface area contributed by atoms with E-state index in [1.165, 1.54) is 0 Å². The molecule has 3 N–H and O–H groups in total. The third-order valence-electron chi connectivity index (χ3n) is 3.48. The van der Waals surface area contributed by atoms with Crippen LogP contribution in [0.5, 0.6) is 0 Å². The molecule has 2 fully saturated rings. The van der Waals surface area contributed by atoms with Crippen molar-refractivity contribution >= 4 is 0 Å². The van der Waals surface area contributed by atoms with Crippen LogP contribution in [0.3, 0.4) is 0 Å². The Labute approximate surface area is 88.7 Å². The average Bonchev–Trinajstić information content (AvgIpc) is 2.99. The lowest BCUT2D eigenvalue weighted by atomic mass is 9.82. The van der Waals surface area contributed by atoms with Crippen LogP contribution in [0.25, 0.3) is 0 Å². The number of aliphatic hydroxyl groups is 2. The van der Waals surface area contributed by atoms with Crippen LogP contribution < -0.4 is 5.32 Å². The summed E-state index contributed by atoms with van der Waals surface area (Å²) >= 11 is 0. The second kappa shape index (κ2) is 4.09. The van der Waals surface area contributed by atoms with E-state index in [9.17, 15) is 14.6 Å². The Balaban J connectivity index is 2.03. The molecule has 1 spiro atoms. The maximum Gasteiger partial charge on any atom is 0.150 e. The number of piperidine rings is 1. The average molecular weight is 213 g/mol. The van der Waals surface area contributed by atoms with Crippen LogP contribution in [0, 0.1) is 17.8 Å². The summed E-state index contributed by atoms with van der Waals surface area (Å²) in [5.74, 6) is 5.01. The Bertz CT molecular complexity index is 293. The van der Waals surface area contributed by atoms with Crippen LogP contribution in [0.15, 0.2) is 0 Å². The molecule has 0 radical (unpaired) electrons. The molecule has 1 saturated heterocycles. The van der Waals surface area contributed by atoms with Crippen molar-refractivity contribution in [2.24, 2.45) is 5.92 Å². The van der Waals surface area contributed by atoms with Crippen molar-refractivity contribution < 1.29 is 14.6 Å². The Morgan fingerprint density at radius 2 is 2.07 bits per heavy atom. The highest BCUT2D eigenvalue weighted by molar-refractivity contribution is 5.16. The van der Waals surface area contributed by atoms with Crippen LogP contribution in [-0.2, 0) is 0 Å². The van der Waals surface area contributed by atoms with Gasteiger partial charge in [0.05, 0.1) is 12.2 Å². The number of rotatable bonds is 1. The van der Waals surface area contributed by atoms with Crippen molar-refractivity contribution in [2.75, 3.05) is 13.2 Å². The van der Waals surface area contributed by atoms with E-state index < -0.39 is 18.9 Å². The molecule has 1 aliphatic heterocycles. The first-order chi connectivity index (χ1) is 7.19. The van der Waals surface area contributed by atoms with Gasteiger partial charge in [-0.25, -0.2) is 4.39 Å². The van der Waals surface area contributed by atoms with E-state index in [1.807, 2.05) is 0 Å². The normalized spacial score (nSPS) is 37.1. The van der Waals surface area contributed by atoms with Gasteiger partial charge in [0.15, 0.2) is 0 Å². The molecule has 0 aromatic heterocycles. The lowest BCUT2D eigenvalue weighted by Crippen LogP contribution is -2.57. The van der Waals surface area contributed by atoms with Crippen molar-refractivity contribution in [1.82, 2.24) is 5.32 Å². The number of aliphatic hydroxyl groups excluding tert-OH is 2. The number of nitrogens with one attached hydrogen (secondary N) is 1. The molecule has 84 valence electrons. The molecule has 1 saturated carbocycles. The number of alkyl halides is 1. The van der Waals surface area contributed by atoms with E-state index in [0.717, 1.165) is 12.8 Å². The van der Waals surface area contributed by atoms with Gasteiger partial charge < -0.3 is 15.5 Å². The lowest BCUT2D eigenvalue weighted by Gasteiger charge is -2.39. The van der Waals surface area contributed by atoms with Crippen LogP contribution in [0.1, 0.15) is 19.3 Å². The summed E-state index contributed by atoms with van der Waals surface area (Å²) in [5, 5.41) is 22.6. The minimum absolute atomic E-state index is 0.0381. The monoisotopic (exact) mass is 213 g/mol. The molecule has 0 aromatic rings. The van der Waals surface area contributed by atoms with E-state index >= 15 is 0 Å². The Morgan fingerprint density at radius 3 is 2.67 bits per heavy atom. The highest BCUT2D eigenvalue weighted by Gasteiger charge is 2.55. The molecule has 2 rings (SSSR count). The molecule has 4 heteroatoms. The molecule has 3 nitrogen and oxygen atoms in total. The molecule has 0 unspecified atom stereocenters. The van der Waals surface area contributed by atoms with Gasteiger partial charge in [0.1, 0.15) is 6.67 Å². The summed E-state index contributed by atoms with van der Waals surface area (Å²) in [6.07, 6.45) is 1.02. The van der Waals surface area contributed by atoms with Gasteiger partial charge in [0.2, 0.25) is 0 Å². The minimum Gasteiger partial charge on any atom is -0.390 e. The van der Waals surface area contributed by atoms with Crippen LogP contribution in [-0.4, -0.2) is 41.2 Å². The topological polar surface area (TPSA) is 52.5 Å². The van der Waals surface area contributed by atoms with Crippen molar-refractivity contribution in [3.8, 4) is 11.8 Å². The molecule has 15 heavy (non-hydrogen) atoms. The predicted octanol–water partition coefficient (Wildman–Crippen LogP) is -0.177. The first-order valence-electron chi connectivity index (χ1n) is 5.32. The molecular formula is C11H16FNO2. The van der Waals surface area contributed by atoms with Crippen LogP contribution in [0.2, 0.25) is 0 Å². The Morgan fingerprint density at radius 1 is 1.33 bits per heavy atom. The first-order valence-corrected chi connectivity index (χ1v) is 5.32. The van der Waals surface area contributed by atoms with Crippen molar-refractivity contribution in [2.45, 2.75) is 37.0 Å². The fraction of sp³-hybridized carbons (Fsp3) is 0.818. The van der Waals surface area contributed by atoms with Gasteiger partial charge in [0, 0.05) is 24.4 Å². The maximum absolute atomic E-state index is 11.8. The van der Waals surface area contributed by atoms with Gasteiger partial charge in [-0.3, -0.25) is 0 Å². The van der Waals surface area contributed by atoms with Crippen molar-refractivity contribution in [3.05, 3.63) is 0 Å². The van der Waals surface area contributed by atoms with Gasteiger partial charge in [-0.05, 0) is 12.8 Å². The first kappa shape index (κ1) is 10.9. The molecular weight excluding hydrogens is 197 g/mol. The third-order valence-corrected chi connectivity index (χ3v) is 3.48. The molecule has 0 bridgehead atoms. The minimum atomic E-state index is -0.734. The third kappa shape index (κ3) is 2.00. The number of β-amino-alcohol motifs (C(OH)–C–C–N with tert-alkyl or cyclic N) is 1. The van der Waals surface area contributed by atoms with Crippen LogP contribution >= 0.6 is 0 Å². The van der Waals surface area contributed by atoms with Gasteiger partial charge in [-0.2, -0.15) is 0 Å². The van der Waals surface area contributed by atoms with Gasteiger partial charge >= 0.3 is 0 Å². The molecule has 0 aromatic carbocycles. The Hall–Kier alpha value is -0.630. The van der Waals surface area contributed by atoms with E-state index in [0.29, 0.717) is 13.0 Å². The highest BCUT2D eigenvalue weighted by Crippen LogP contribution is 2.47. The van der Waals surface area contributed by atoms with Crippen molar-refractivity contribution in [3.63, 3.8) is 0 Å². The number of hydrogen-bond donors (Lipinski definition) is 3. The number of halogens is 1. The summed E-state index contributed by atoms with van der Waals surface area (Å²) in [5.41, 5.74) is -0.0381. The summed E-state index contributed by atoms with van der Waals surface area (Å²) in [7, 11) is 0. The predicted molar refractivity (Wildman–Crippen MR) is 53.8 cm³/mol. The van der Waals surface area contributed by atoms with E-state index in [2.05, 4.69) is 17.2 Å². The molecule has 0 amide bonds. The van der Waals surface area contributed by atoms with E-state index in [4.69, 9.17) is 0 Å². The van der Waals surface area contributed by atoms with E-state index in [1.54, 1.807) is 0 Å². The van der Waals surface area contributed by atoms with Crippen LogP contribution in [0.4, 0.5) is 4.39 Å². The molecule has 1 aliphatic carbocycles. The molecule has 1 heterocycles. The lowest BCUT2D eigenvalue weighted by molar-refractivity contribution is -0.0554. The SMILES string of the molecule is O[C@H]1[C@H](O)CNC2(CC2)[C@@H]1CC#CCF. The summed E-state index contributed by atoms with van der Waals surface area (Å²) in [6.45, 7) is -0.208. The zero-order valence-electron chi connectivity index (χ0n) is 8.54. The quantitative estimate of drug-likeness (QED) is 0.530. The smallest absolute Gasteiger partial charge is 0.150 e. The van der Waals surface area contributed by atoms with Gasteiger partial charge in [-0.1, -0.05) is 5.92 Å². The standard InChI is InChI=1S/C11H16FNO2/c12-6-2-1-3-8-10(15)9(14)7-13-11(8)4-5-11/h8-10,13-15H,3-7H2/t8-,9-,10-/m1/s1. The number of hydrogen-bond acceptors (Lipinski definition) is 3. The second-order valence-corrected chi connectivity index (χ2v) is 4.39. The molecule has 2 aliphatic rings. The van der Waals surface area contributed by atoms with E-state index in [-0.39, 0.29) is 11.5 Å². The second-order valence-electron chi connectivity index (χ2n) is 4.39. The summed E-state index contributed by atoms with van der Waals surface area (Å²) in [4.78, 5) is 0. The fourth-order valence-corrected chi connectivity index (χ4v) is 2.38.